The summed E-state index contributed by atoms with van der Waals surface area (Å²) in [5.41, 5.74) is 5.34. The van der Waals surface area contributed by atoms with E-state index in [1.807, 2.05) is 48.5 Å². The summed E-state index contributed by atoms with van der Waals surface area (Å²) in [4.78, 5) is 17.4. The number of hydrogen-bond donors (Lipinski definition) is 2. The van der Waals surface area contributed by atoms with E-state index in [1.165, 1.54) is 5.56 Å². The lowest BCUT2D eigenvalue weighted by atomic mass is 10.1. The fourth-order valence-corrected chi connectivity index (χ4v) is 4.29. The molecule has 0 aliphatic carbocycles. The predicted molar refractivity (Wildman–Crippen MR) is 155 cm³/mol. The average molecular weight is 542 g/mol. The number of oxazole rings is 1. The highest BCUT2D eigenvalue weighted by molar-refractivity contribution is 7.80. The van der Waals surface area contributed by atoms with Crippen molar-refractivity contribution in [3.8, 4) is 17.2 Å². The van der Waals surface area contributed by atoms with Crippen LogP contribution in [0.2, 0.25) is 5.02 Å². The summed E-state index contributed by atoms with van der Waals surface area (Å²) in [5.74, 6) is 0.642. The minimum atomic E-state index is -0.354. The Balaban J connectivity index is 1.25. The molecule has 0 atom stereocenters. The third-order valence-corrected chi connectivity index (χ3v) is 6.42. The van der Waals surface area contributed by atoms with Gasteiger partial charge in [-0.3, -0.25) is 10.1 Å². The Morgan fingerprint density at radius 1 is 0.974 bits per heavy atom. The second kappa shape index (κ2) is 11.5. The van der Waals surface area contributed by atoms with Crippen LogP contribution >= 0.6 is 23.8 Å². The Kier molecular flexibility index (Phi) is 7.67. The van der Waals surface area contributed by atoms with Crippen molar-refractivity contribution in [1.82, 2.24) is 10.3 Å². The van der Waals surface area contributed by atoms with Crippen molar-refractivity contribution >= 4 is 51.6 Å². The van der Waals surface area contributed by atoms with Crippen LogP contribution in [-0.2, 0) is 13.0 Å². The number of carbonyl (C=O) groups excluding carboxylic acids is 1. The number of thiocarbonyl (C=S) groups is 1. The lowest BCUT2D eigenvalue weighted by molar-refractivity contribution is 0.0977. The topological polar surface area (TPSA) is 76.4 Å². The normalized spacial score (nSPS) is 10.8. The molecule has 8 heteroatoms. The number of aryl methyl sites for hydroxylation is 1. The molecule has 5 aromatic rings. The SMILES string of the molecule is CCc1ccc2oc(-c3cc(NC(=S)NC(=O)c4cccc(OCc5ccccc5)c4)ccc3Cl)nc2c1. The van der Waals surface area contributed by atoms with E-state index in [0.717, 1.165) is 17.5 Å². The molecule has 0 unspecified atom stereocenters. The maximum atomic E-state index is 12.8. The van der Waals surface area contributed by atoms with Crippen molar-refractivity contribution in [2.45, 2.75) is 20.0 Å². The first-order valence-electron chi connectivity index (χ1n) is 12.1. The van der Waals surface area contributed by atoms with Gasteiger partial charge in [0.1, 0.15) is 17.9 Å². The van der Waals surface area contributed by atoms with Crippen LogP contribution < -0.4 is 15.4 Å². The van der Waals surface area contributed by atoms with Crippen LogP contribution in [0.1, 0.15) is 28.4 Å². The quantitative estimate of drug-likeness (QED) is 0.209. The number of fused-ring (bicyclic) bond motifs is 1. The first-order chi connectivity index (χ1) is 18.5. The first-order valence-corrected chi connectivity index (χ1v) is 12.9. The summed E-state index contributed by atoms with van der Waals surface area (Å²) >= 11 is 11.8. The van der Waals surface area contributed by atoms with Crippen LogP contribution in [0.4, 0.5) is 5.69 Å². The maximum Gasteiger partial charge on any atom is 0.257 e. The van der Waals surface area contributed by atoms with Gasteiger partial charge in [-0.2, -0.15) is 0 Å². The van der Waals surface area contributed by atoms with Gasteiger partial charge in [-0.25, -0.2) is 4.98 Å². The fourth-order valence-electron chi connectivity index (χ4n) is 3.88. The van der Waals surface area contributed by atoms with Gasteiger partial charge in [0.2, 0.25) is 5.89 Å². The number of ether oxygens (including phenoxy) is 1. The number of amides is 1. The summed E-state index contributed by atoms with van der Waals surface area (Å²) in [6, 6.07) is 28.0. The molecule has 0 spiro atoms. The Morgan fingerprint density at radius 2 is 1.82 bits per heavy atom. The van der Waals surface area contributed by atoms with Crippen molar-refractivity contribution in [2.24, 2.45) is 0 Å². The molecule has 0 aliphatic rings. The zero-order chi connectivity index (χ0) is 26.5. The smallest absolute Gasteiger partial charge is 0.257 e. The molecule has 0 radical (unpaired) electrons. The molecule has 1 amide bonds. The van der Waals surface area contributed by atoms with Gasteiger partial charge in [0, 0.05) is 11.3 Å². The predicted octanol–water partition coefficient (Wildman–Crippen LogP) is 7.42. The third kappa shape index (κ3) is 6.02. The molecule has 1 aromatic heterocycles. The maximum absolute atomic E-state index is 12.8. The zero-order valence-electron chi connectivity index (χ0n) is 20.5. The molecular formula is C30H24ClN3O3S. The molecule has 5 rings (SSSR count). The highest BCUT2D eigenvalue weighted by Gasteiger charge is 2.14. The number of benzene rings is 4. The van der Waals surface area contributed by atoms with E-state index < -0.39 is 0 Å². The molecule has 0 saturated carbocycles. The van der Waals surface area contributed by atoms with Gasteiger partial charge in [-0.1, -0.05) is 61.0 Å². The molecule has 4 aromatic carbocycles. The first kappa shape index (κ1) is 25.4. The summed E-state index contributed by atoms with van der Waals surface area (Å²) in [5, 5.41) is 6.37. The average Bonchev–Trinajstić information content (AvgIpc) is 3.37. The number of nitrogens with one attached hydrogen (secondary N) is 2. The molecule has 2 N–H and O–H groups in total. The molecule has 190 valence electrons. The monoisotopic (exact) mass is 541 g/mol. The van der Waals surface area contributed by atoms with E-state index >= 15 is 0 Å². The molecule has 0 saturated heterocycles. The zero-order valence-corrected chi connectivity index (χ0v) is 22.1. The third-order valence-electron chi connectivity index (χ3n) is 5.89. The minimum absolute atomic E-state index is 0.143. The Hall–Kier alpha value is -4.20. The molecule has 6 nitrogen and oxygen atoms in total. The number of hydrogen-bond acceptors (Lipinski definition) is 5. The van der Waals surface area contributed by atoms with Crippen LogP contribution in [0.15, 0.2) is 95.4 Å². The number of carbonyl (C=O) groups is 1. The highest BCUT2D eigenvalue weighted by Crippen LogP contribution is 2.32. The highest BCUT2D eigenvalue weighted by atomic mass is 35.5. The van der Waals surface area contributed by atoms with Crippen LogP contribution in [0.5, 0.6) is 5.75 Å². The van der Waals surface area contributed by atoms with Crippen molar-refractivity contribution in [1.29, 1.82) is 0 Å². The Bertz CT molecular complexity index is 1620. The summed E-state index contributed by atoms with van der Waals surface area (Å²) in [7, 11) is 0. The number of halogens is 1. The molecular weight excluding hydrogens is 518 g/mol. The van der Waals surface area contributed by atoms with Crippen molar-refractivity contribution in [2.75, 3.05) is 5.32 Å². The van der Waals surface area contributed by atoms with Crippen molar-refractivity contribution in [3.05, 3.63) is 113 Å². The molecule has 0 fully saturated rings. The fraction of sp³-hybridized carbons (Fsp3) is 0.100. The molecule has 1 heterocycles. The molecule has 0 aliphatic heterocycles. The Morgan fingerprint density at radius 3 is 2.63 bits per heavy atom. The van der Waals surface area contributed by atoms with Gasteiger partial charge in [0.15, 0.2) is 10.7 Å². The largest absolute Gasteiger partial charge is 0.489 e. The number of aromatic nitrogens is 1. The van der Waals surface area contributed by atoms with E-state index in [9.17, 15) is 4.79 Å². The van der Waals surface area contributed by atoms with Gasteiger partial charge in [0.05, 0.1) is 10.6 Å². The van der Waals surface area contributed by atoms with Crippen LogP contribution in [-0.4, -0.2) is 16.0 Å². The lowest BCUT2D eigenvalue weighted by Gasteiger charge is -2.12. The molecule has 0 bridgehead atoms. The lowest BCUT2D eigenvalue weighted by Crippen LogP contribution is -2.34. The standard InChI is InChI=1S/C30H24ClN3O3S/c1-2-19-11-14-27-26(15-19)33-29(37-27)24-17-22(12-13-25(24)31)32-30(38)34-28(35)21-9-6-10-23(16-21)36-18-20-7-4-3-5-8-20/h3-17H,2,18H2,1H3,(H2,32,34,35,38). The van der Waals surface area contributed by atoms with E-state index in [0.29, 0.717) is 45.7 Å². The van der Waals surface area contributed by atoms with Crippen molar-refractivity contribution in [3.63, 3.8) is 0 Å². The summed E-state index contributed by atoms with van der Waals surface area (Å²) in [6.07, 6.45) is 0.909. The summed E-state index contributed by atoms with van der Waals surface area (Å²) < 4.78 is 11.8. The van der Waals surface area contributed by atoms with Gasteiger partial charge in [-0.05, 0) is 78.3 Å². The van der Waals surface area contributed by atoms with E-state index in [1.54, 1.807) is 42.5 Å². The Labute approximate surface area is 230 Å². The van der Waals surface area contributed by atoms with Crippen LogP contribution in [0, 0.1) is 0 Å². The van der Waals surface area contributed by atoms with Crippen LogP contribution in [0.3, 0.4) is 0 Å². The number of nitrogens with zero attached hydrogens (tertiary/aromatic N) is 1. The van der Waals surface area contributed by atoms with E-state index in [2.05, 4.69) is 22.5 Å². The number of anilines is 1. The van der Waals surface area contributed by atoms with Gasteiger partial charge in [0.25, 0.3) is 5.91 Å². The minimum Gasteiger partial charge on any atom is -0.489 e. The van der Waals surface area contributed by atoms with Crippen LogP contribution in [0.25, 0.3) is 22.6 Å². The summed E-state index contributed by atoms with van der Waals surface area (Å²) in [6.45, 7) is 2.50. The number of rotatable bonds is 7. The second-order valence-electron chi connectivity index (χ2n) is 8.58. The van der Waals surface area contributed by atoms with Gasteiger partial charge >= 0.3 is 0 Å². The van der Waals surface area contributed by atoms with E-state index in [4.69, 9.17) is 33.0 Å². The second-order valence-corrected chi connectivity index (χ2v) is 9.40. The van der Waals surface area contributed by atoms with Crippen molar-refractivity contribution < 1.29 is 13.9 Å². The van der Waals surface area contributed by atoms with E-state index in [-0.39, 0.29) is 11.0 Å². The van der Waals surface area contributed by atoms with Gasteiger partial charge < -0.3 is 14.5 Å². The molecule has 38 heavy (non-hydrogen) atoms. The van der Waals surface area contributed by atoms with Gasteiger partial charge in [-0.15, -0.1) is 0 Å².